The highest BCUT2D eigenvalue weighted by molar-refractivity contribution is 5.91. The molecule has 3 rings (SSSR count). The Labute approximate surface area is 172 Å². The number of alkyl halides is 1. The average Bonchev–Trinajstić information content (AvgIpc) is 2.66. The SMILES string of the molecule is CC(=NC1CCCCC1F)C1CCCC(C(C)=NC2C(C)CC(C)CC2C)N1. The minimum absolute atomic E-state index is 0.114. The molecule has 1 saturated heterocycles. The van der Waals surface area contributed by atoms with Crippen molar-refractivity contribution in [3.8, 4) is 0 Å². The lowest BCUT2D eigenvalue weighted by Gasteiger charge is -2.37. The van der Waals surface area contributed by atoms with Gasteiger partial charge in [0.2, 0.25) is 0 Å². The van der Waals surface area contributed by atoms with Crippen molar-refractivity contribution >= 4 is 11.4 Å². The Bertz CT molecular complexity index is 560. The molecule has 2 saturated carbocycles. The van der Waals surface area contributed by atoms with Gasteiger partial charge in [-0.05, 0) is 76.5 Å². The first-order valence-corrected chi connectivity index (χ1v) is 11.8. The third-order valence-electron chi connectivity index (χ3n) is 7.48. The molecule has 0 spiro atoms. The summed E-state index contributed by atoms with van der Waals surface area (Å²) >= 11 is 0. The zero-order chi connectivity index (χ0) is 20.3. The van der Waals surface area contributed by atoms with E-state index >= 15 is 0 Å². The number of nitrogens with zero attached hydrogens (tertiary/aromatic N) is 2. The molecule has 6 atom stereocenters. The van der Waals surface area contributed by atoms with E-state index in [0.717, 1.165) is 43.7 Å². The number of hydrogen-bond acceptors (Lipinski definition) is 3. The van der Waals surface area contributed by atoms with E-state index in [4.69, 9.17) is 9.98 Å². The van der Waals surface area contributed by atoms with Crippen LogP contribution in [0.4, 0.5) is 4.39 Å². The van der Waals surface area contributed by atoms with Gasteiger partial charge in [0, 0.05) is 23.5 Å². The highest BCUT2D eigenvalue weighted by Crippen LogP contribution is 2.35. The van der Waals surface area contributed by atoms with Crippen molar-refractivity contribution < 1.29 is 4.39 Å². The Morgan fingerprint density at radius 3 is 1.96 bits per heavy atom. The molecule has 0 amide bonds. The standard InChI is InChI=1S/C24H42FN3/c1-15-13-16(2)24(17(3)14-15)27-19(5)22-12-8-11-21(28-22)18(4)26-23-10-7-6-9-20(23)25/h15-17,20-24,28H,6-14H2,1-5H3. The number of piperidine rings is 1. The van der Waals surface area contributed by atoms with Crippen LogP contribution in [0.25, 0.3) is 0 Å². The summed E-state index contributed by atoms with van der Waals surface area (Å²) in [4.78, 5) is 10.1. The van der Waals surface area contributed by atoms with Gasteiger partial charge in [-0.25, -0.2) is 4.39 Å². The number of hydrogen-bond donors (Lipinski definition) is 1. The second-order valence-corrected chi connectivity index (χ2v) is 10.1. The van der Waals surface area contributed by atoms with E-state index in [1.54, 1.807) is 0 Å². The minimum atomic E-state index is -0.747. The van der Waals surface area contributed by atoms with E-state index < -0.39 is 6.17 Å². The summed E-state index contributed by atoms with van der Waals surface area (Å²) in [6.07, 6.45) is 9.02. The zero-order valence-electron chi connectivity index (χ0n) is 18.8. The topological polar surface area (TPSA) is 36.8 Å². The monoisotopic (exact) mass is 391 g/mol. The molecule has 3 aliphatic rings. The van der Waals surface area contributed by atoms with Gasteiger partial charge in [-0.1, -0.05) is 33.6 Å². The van der Waals surface area contributed by atoms with Gasteiger partial charge >= 0.3 is 0 Å². The number of halogens is 1. The molecule has 4 heteroatoms. The molecule has 0 aromatic heterocycles. The van der Waals surface area contributed by atoms with Crippen LogP contribution in [0.1, 0.15) is 92.4 Å². The summed E-state index contributed by atoms with van der Waals surface area (Å²) in [6.45, 7) is 11.4. The molecule has 0 bridgehead atoms. The van der Waals surface area contributed by atoms with E-state index in [1.807, 2.05) is 0 Å². The second-order valence-electron chi connectivity index (χ2n) is 10.1. The smallest absolute Gasteiger partial charge is 0.122 e. The molecular weight excluding hydrogens is 349 g/mol. The second kappa shape index (κ2) is 9.82. The molecule has 0 aromatic carbocycles. The van der Waals surface area contributed by atoms with Crippen molar-refractivity contribution in [2.24, 2.45) is 27.7 Å². The molecule has 1 N–H and O–H groups in total. The molecular formula is C24H42FN3. The van der Waals surface area contributed by atoms with Crippen LogP contribution in [-0.2, 0) is 0 Å². The van der Waals surface area contributed by atoms with Crippen LogP contribution in [0.5, 0.6) is 0 Å². The summed E-state index contributed by atoms with van der Waals surface area (Å²) in [5.74, 6) is 2.17. The van der Waals surface area contributed by atoms with Gasteiger partial charge in [-0.15, -0.1) is 0 Å². The Hall–Kier alpha value is -0.770. The van der Waals surface area contributed by atoms with Gasteiger partial charge in [-0.2, -0.15) is 0 Å². The van der Waals surface area contributed by atoms with Crippen LogP contribution in [0.3, 0.4) is 0 Å². The predicted molar refractivity (Wildman–Crippen MR) is 118 cm³/mol. The maximum atomic E-state index is 14.2. The summed E-state index contributed by atoms with van der Waals surface area (Å²) in [5.41, 5.74) is 2.36. The number of nitrogens with one attached hydrogen (secondary N) is 1. The van der Waals surface area contributed by atoms with Crippen LogP contribution in [-0.4, -0.2) is 41.8 Å². The van der Waals surface area contributed by atoms with Crippen molar-refractivity contribution in [2.75, 3.05) is 0 Å². The van der Waals surface area contributed by atoms with Crippen LogP contribution in [0.15, 0.2) is 9.98 Å². The minimum Gasteiger partial charge on any atom is -0.301 e. The fourth-order valence-corrected chi connectivity index (χ4v) is 5.94. The molecule has 28 heavy (non-hydrogen) atoms. The molecule has 0 radical (unpaired) electrons. The summed E-state index contributed by atoms with van der Waals surface area (Å²) in [5, 5.41) is 3.80. The predicted octanol–water partition coefficient (Wildman–Crippen LogP) is 5.77. The Balaban J connectivity index is 1.63. The fraction of sp³-hybridized carbons (Fsp3) is 0.917. The lowest BCUT2D eigenvalue weighted by Crippen LogP contribution is -2.50. The summed E-state index contributed by atoms with van der Waals surface area (Å²) < 4.78 is 14.2. The normalized spacial score (nSPS) is 43.8. The van der Waals surface area contributed by atoms with Crippen LogP contribution in [0, 0.1) is 17.8 Å². The van der Waals surface area contributed by atoms with Gasteiger partial charge in [-0.3, -0.25) is 9.98 Å². The van der Waals surface area contributed by atoms with Gasteiger partial charge < -0.3 is 5.32 Å². The molecule has 3 fully saturated rings. The highest BCUT2D eigenvalue weighted by atomic mass is 19.1. The van der Waals surface area contributed by atoms with E-state index in [2.05, 4.69) is 39.9 Å². The van der Waals surface area contributed by atoms with Crippen LogP contribution < -0.4 is 5.32 Å². The Morgan fingerprint density at radius 1 is 0.786 bits per heavy atom. The number of aliphatic imine (C=N–C) groups is 2. The van der Waals surface area contributed by atoms with E-state index in [0.29, 0.717) is 30.3 Å². The van der Waals surface area contributed by atoms with Crippen LogP contribution >= 0.6 is 0 Å². The average molecular weight is 392 g/mol. The summed E-state index contributed by atoms with van der Waals surface area (Å²) in [6, 6.07) is 0.966. The number of rotatable bonds is 4. The third-order valence-corrected chi connectivity index (χ3v) is 7.48. The molecule has 1 heterocycles. The van der Waals surface area contributed by atoms with E-state index in [-0.39, 0.29) is 12.1 Å². The van der Waals surface area contributed by atoms with Crippen LogP contribution in [0.2, 0.25) is 0 Å². The van der Waals surface area contributed by atoms with E-state index in [1.165, 1.54) is 25.0 Å². The van der Waals surface area contributed by atoms with Gasteiger partial charge in [0.05, 0.1) is 12.1 Å². The molecule has 6 unspecified atom stereocenters. The zero-order valence-corrected chi connectivity index (χ0v) is 18.8. The van der Waals surface area contributed by atoms with Crippen molar-refractivity contribution in [3.05, 3.63) is 0 Å². The van der Waals surface area contributed by atoms with Crippen molar-refractivity contribution in [3.63, 3.8) is 0 Å². The quantitative estimate of drug-likeness (QED) is 0.607. The maximum Gasteiger partial charge on any atom is 0.122 e. The molecule has 2 aliphatic carbocycles. The fourth-order valence-electron chi connectivity index (χ4n) is 5.94. The lowest BCUT2D eigenvalue weighted by molar-refractivity contribution is 0.196. The van der Waals surface area contributed by atoms with E-state index in [9.17, 15) is 4.39 Å². The van der Waals surface area contributed by atoms with Gasteiger partial charge in [0.25, 0.3) is 0 Å². The maximum absolute atomic E-state index is 14.2. The first kappa shape index (κ1) is 21.9. The van der Waals surface area contributed by atoms with Gasteiger partial charge in [0.15, 0.2) is 0 Å². The highest BCUT2D eigenvalue weighted by Gasteiger charge is 2.33. The van der Waals surface area contributed by atoms with Crippen molar-refractivity contribution in [1.29, 1.82) is 0 Å². The molecule has 1 aliphatic heterocycles. The Kier molecular flexibility index (Phi) is 7.69. The molecule has 0 aromatic rings. The largest absolute Gasteiger partial charge is 0.301 e. The molecule has 160 valence electrons. The third kappa shape index (κ3) is 5.43. The summed E-state index contributed by atoms with van der Waals surface area (Å²) in [7, 11) is 0. The first-order valence-electron chi connectivity index (χ1n) is 11.8. The lowest BCUT2D eigenvalue weighted by atomic mass is 9.74. The molecule has 3 nitrogen and oxygen atoms in total. The van der Waals surface area contributed by atoms with Gasteiger partial charge in [0.1, 0.15) is 6.17 Å². The first-order chi connectivity index (χ1) is 13.3. The van der Waals surface area contributed by atoms with Crippen molar-refractivity contribution in [1.82, 2.24) is 5.32 Å². The Morgan fingerprint density at radius 2 is 1.36 bits per heavy atom. The van der Waals surface area contributed by atoms with Crippen molar-refractivity contribution in [2.45, 2.75) is 123 Å².